The molecule has 21 heavy (non-hydrogen) atoms. The van der Waals surface area contributed by atoms with Gasteiger partial charge in [0, 0.05) is 18.9 Å². The van der Waals surface area contributed by atoms with E-state index in [-0.39, 0.29) is 5.56 Å². The largest absolute Gasteiger partial charge is 0.489 e. The van der Waals surface area contributed by atoms with Gasteiger partial charge in [0.2, 0.25) is 0 Å². The lowest BCUT2D eigenvalue weighted by molar-refractivity contribution is 0.0692. The van der Waals surface area contributed by atoms with Gasteiger partial charge in [-0.3, -0.25) is 0 Å². The van der Waals surface area contributed by atoms with Crippen LogP contribution in [0.25, 0.3) is 0 Å². The summed E-state index contributed by atoms with van der Waals surface area (Å²) in [6.07, 6.45) is 3.73. The normalized spacial score (nSPS) is 13.7. The van der Waals surface area contributed by atoms with E-state index in [1.807, 2.05) is 12.3 Å². The molecule has 2 heterocycles. The van der Waals surface area contributed by atoms with E-state index >= 15 is 0 Å². The number of hydrogen-bond acceptors (Lipinski definition) is 4. The summed E-state index contributed by atoms with van der Waals surface area (Å²) in [5.41, 5.74) is 1.02. The van der Waals surface area contributed by atoms with E-state index in [4.69, 9.17) is 4.74 Å². The molecule has 0 amide bonds. The molecule has 6 nitrogen and oxygen atoms in total. The van der Waals surface area contributed by atoms with Gasteiger partial charge in [-0.1, -0.05) is 6.07 Å². The summed E-state index contributed by atoms with van der Waals surface area (Å²) >= 11 is 0. The molecular formula is C15H17N3O3. The smallest absolute Gasteiger partial charge is 0.339 e. The van der Waals surface area contributed by atoms with E-state index in [1.165, 1.54) is 0 Å². The molecule has 0 aliphatic carbocycles. The summed E-state index contributed by atoms with van der Waals surface area (Å²) in [5, 5.41) is 9.25. The predicted octanol–water partition coefficient (Wildman–Crippen LogP) is 2.00. The SMILES string of the molecule is CCn1ccnc1CN1CCOc2c(C(=O)O)cccc21. The number of anilines is 1. The Bertz CT molecular complexity index is 666. The summed E-state index contributed by atoms with van der Waals surface area (Å²) in [6.45, 7) is 4.76. The second-order valence-corrected chi connectivity index (χ2v) is 4.86. The van der Waals surface area contributed by atoms with Crippen LogP contribution in [-0.2, 0) is 13.1 Å². The highest BCUT2D eigenvalue weighted by molar-refractivity contribution is 5.93. The number of benzene rings is 1. The maximum atomic E-state index is 11.3. The molecule has 6 heteroatoms. The van der Waals surface area contributed by atoms with Crippen molar-refractivity contribution in [3.8, 4) is 5.75 Å². The molecule has 1 aromatic carbocycles. The Balaban J connectivity index is 1.94. The van der Waals surface area contributed by atoms with E-state index in [2.05, 4.69) is 21.4 Å². The van der Waals surface area contributed by atoms with Gasteiger partial charge in [-0.2, -0.15) is 0 Å². The van der Waals surface area contributed by atoms with E-state index in [0.29, 0.717) is 25.4 Å². The molecule has 110 valence electrons. The van der Waals surface area contributed by atoms with Gasteiger partial charge in [-0.05, 0) is 19.1 Å². The van der Waals surface area contributed by atoms with Crippen molar-refractivity contribution in [3.05, 3.63) is 42.0 Å². The number of fused-ring (bicyclic) bond motifs is 1. The summed E-state index contributed by atoms with van der Waals surface area (Å²) < 4.78 is 7.65. The van der Waals surface area contributed by atoms with Crippen LogP contribution in [0.4, 0.5) is 5.69 Å². The third-order valence-corrected chi connectivity index (χ3v) is 3.65. The number of nitrogens with zero attached hydrogens (tertiary/aromatic N) is 3. The number of rotatable bonds is 4. The molecule has 1 N–H and O–H groups in total. The number of para-hydroxylation sites is 1. The zero-order chi connectivity index (χ0) is 14.8. The van der Waals surface area contributed by atoms with Crippen LogP contribution in [0.3, 0.4) is 0 Å². The topological polar surface area (TPSA) is 67.6 Å². The van der Waals surface area contributed by atoms with Gasteiger partial charge in [-0.25, -0.2) is 9.78 Å². The molecule has 1 aromatic heterocycles. The number of hydrogen-bond donors (Lipinski definition) is 1. The van der Waals surface area contributed by atoms with Crippen LogP contribution in [0.15, 0.2) is 30.6 Å². The van der Waals surface area contributed by atoms with Crippen molar-refractivity contribution in [2.45, 2.75) is 20.0 Å². The van der Waals surface area contributed by atoms with Crippen molar-refractivity contribution >= 4 is 11.7 Å². The summed E-state index contributed by atoms with van der Waals surface area (Å²) in [6, 6.07) is 5.20. The first-order valence-corrected chi connectivity index (χ1v) is 6.94. The first-order chi connectivity index (χ1) is 10.2. The lowest BCUT2D eigenvalue weighted by Crippen LogP contribution is -2.33. The molecule has 0 fully saturated rings. The molecule has 2 aromatic rings. The molecule has 1 aliphatic heterocycles. The fraction of sp³-hybridized carbons (Fsp3) is 0.333. The Hall–Kier alpha value is -2.50. The third-order valence-electron chi connectivity index (χ3n) is 3.65. The van der Waals surface area contributed by atoms with E-state index in [1.54, 1.807) is 18.3 Å². The minimum absolute atomic E-state index is 0.205. The average molecular weight is 287 g/mol. The fourth-order valence-electron chi connectivity index (χ4n) is 2.59. The quantitative estimate of drug-likeness (QED) is 0.931. The molecule has 3 rings (SSSR count). The van der Waals surface area contributed by atoms with Gasteiger partial charge in [0.1, 0.15) is 18.0 Å². The van der Waals surface area contributed by atoms with Crippen molar-refractivity contribution in [1.29, 1.82) is 0 Å². The lowest BCUT2D eigenvalue weighted by Gasteiger charge is -2.31. The van der Waals surface area contributed by atoms with Crippen LogP contribution in [0.2, 0.25) is 0 Å². The summed E-state index contributed by atoms with van der Waals surface area (Å²) in [5.74, 6) is 0.445. The predicted molar refractivity (Wildman–Crippen MR) is 77.8 cm³/mol. The number of carbonyl (C=O) groups is 1. The number of aromatic carboxylic acids is 1. The Labute approximate surface area is 122 Å². The zero-order valence-electron chi connectivity index (χ0n) is 11.8. The van der Waals surface area contributed by atoms with Crippen LogP contribution >= 0.6 is 0 Å². The van der Waals surface area contributed by atoms with Crippen LogP contribution in [0.1, 0.15) is 23.1 Å². The molecular weight excluding hydrogens is 270 g/mol. The van der Waals surface area contributed by atoms with E-state index in [0.717, 1.165) is 18.1 Å². The van der Waals surface area contributed by atoms with Gasteiger partial charge >= 0.3 is 5.97 Å². The van der Waals surface area contributed by atoms with Gasteiger partial charge in [-0.15, -0.1) is 0 Å². The summed E-state index contributed by atoms with van der Waals surface area (Å²) in [7, 11) is 0. The molecule has 0 saturated heterocycles. The maximum Gasteiger partial charge on any atom is 0.339 e. The molecule has 0 atom stereocenters. The fourth-order valence-corrected chi connectivity index (χ4v) is 2.59. The van der Waals surface area contributed by atoms with Crippen molar-refractivity contribution in [2.75, 3.05) is 18.1 Å². The summed E-state index contributed by atoms with van der Waals surface area (Å²) in [4.78, 5) is 17.8. The van der Waals surface area contributed by atoms with E-state index < -0.39 is 5.97 Å². The first kappa shape index (κ1) is 13.5. The number of imidazole rings is 1. The highest BCUT2D eigenvalue weighted by Crippen LogP contribution is 2.35. The molecule has 0 unspecified atom stereocenters. The van der Waals surface area contributed by atoms with Gasteiger partial charge in [0.05, 0.1) is 18.8 Å². The Kier molecular flexibility index (Phi) is 3.51. The number of carboxylic acid groups (broad SMARTS) is 1. The average Bonchev–Trinajstić information content (AvgIpc) is 2.94. The Morgan fingerprint density at radius 3 is 3.10 bits per heavy atom. The number of aryl methyl sites for hydroxylation is 1. The Morgan fingerprint density at radius 2 is 2.33 bits per heavy atom. The maximum absolute atomic E-state index is 11.3. The van der Waals surface area contributed by atoms with Gasteiger partial charge < -0.3 is 19.3 Å². The third kappa shape index (κ3) is 2.44. The van der Waals surface area contributed by atoms with Crippen molar-refractivity contribution < 1.29 is 14.6 Å². The number of carboxylic acids is 1. The number of ether oxygens (including phenoxy) is 1. The van der Waals surface area contributed by atoms with Crippen LogP contribution < -0.4 is 9.64 Å². The first-order valence-electron chi connectivity index (χ1n) is 6.94. The molecule has 0 radical (unpaired) electrons. The lowest BCUT2D eigenvalue weighted by atomic mass is 10.1. The highest BCUT2D eigenvalue weighted by Gasteiger charge is 2.24. The van der Waals surface area contributed by atoms with Crippen LogP contribution in [0, 0.1) is 0 Å². The van der Waals surface area contributed by atoms with Crippen molar-refractivity contribution in [3.63, 3.8) is 0 Å². The molecule has 0 spiro atoms. The van der Waals surface area contributed by atoms with Crippen molar-refractivity contribution in [2.24, 2.45) is 0 Å². The second kappa shape index (κ2) is 5.47. The Morgan fingerprint density at radius 1 is 1.48 bits per heavy atom. The van der Waals surface area contributed by atoms with E-state index in [9.17, 15) is 9.90 Å². The highest BCUT2D eigenvalue weighted by atomic mass is 16.5. The molecule has 0 bridgehead atoms. The van der Waals surface area contributed by atoms with Crippen LogP contribution in [0.5, 0.6) is 5.75 Å². The zero-order valence-corrected chi connectivity index (χ0v) is 11.8. The minimum Gasteiger partial charge on any atom is -0.489 e. The van der Waals surface area contributed by atoms with Gasteiger partial charge in [0.25, 0.3) is 0 Å². The molecule has 1 aliphatic rings. The van der Waals surface area contributed by atoms with Crippen molar-refractivity contribution in [1.82, 2.24) is 9.55 Å². The standard InChI is InChI=1S/C15H17N3O3/c1-2-17-7-6-16-13(17)10-18-8-9-21-14-11(15(19)20)4-3-5-12(14)18/h3-7H,2,8-10H2,1H3,(H,19,20). The monoisotopic (exact) mass is 287 g/mol. The molecule has 0 saturated carbocycles. The second-order valence-electron chi connectivity index (χ2n) is 4.86. The van der Waals surface area contributed by atoms with Gasteiger partial charge in [0.15, 0.2) is 5.75 Å². The number of aromatic nitrogens is 2. The van der Waals surface area contributed by atoms with Crippen LogP contribution in [-0.4, -0.2) is 33.8 Å². The minimum atomic E-state index is -0.969.